The second-order valence-electron chi connectivity index (χ2n) is 7.92. The van der Waals surface area contributed by atoms with Crippen molar-refractivity contribution in [1.29, 1.82) is 0 Å². The Morgan fingerprint density at radius 1 is 1.17 bits per heavy atom. The third-order valence-electron chi connectivity index (χ3n) is 6.10. The highest BCUT2D eigenvalue weighted by Gasteiger charge is 2.44. The van der Waals surface area contributed by atoms with Gasteiger partial charge in [0.15, 0.2) is 6.61 Å². The lowest BCUT2D eigenvalue weighted by Gasteiger charge is -2.39. The molecule has 0 aromatic heterocycles. The summed E-state index contributed by atoms with van der Waals surface area (Å²) < 4.78 is 24.7. The van der Waals surface area contributed by atoms with E-state index in [4.69, 9.17) is 9.47 Å². The van der Waals surface area contributed by atoms with E-state index in [-0.39, 0.29) is 23.9 Å². The average molecular weight is 398 g/mol. The highest BCUT2D eigenvalue weighted by atomic mass is 19.1. The van der Waals surface area contributed by atoms with Gasteiger partial charge in [-0.2, -0.15) is 0 Å². The number of anilines is 1. The number of likely N-dealkylation sites (N-methyl/N-ethyl adjacent to an activating group) is 1. The summed E-state index contributed by atoms with van der Waals surface area (Å²) in [6, 6.07) is 16.4. The fraction of sp³-hybridized carbons (Fsp3) is 0.435. The second kappa shape index (κ2) is 8.41. The third-order valence-corrected chi connectivity index (χ3v) is 6.10. The summed E-state index contributed by atoms with van der Waals surface area (Å²) in [6.07, 6.45) is 2.66. The molecule has 0 bridgehead atoms. The fourth-order valence-electron chi connectivity index (χ4n) is 4.22. The minimum absolute atomic E-state index is 0.0289. The zero-order valence-electron chi connectivity index (χ0n) is 16.7. The first-order chi connectivity index (χ1) is 14.0. The average Bonchev–Trinajstić information content (AvgIpc) is 3.17. The van der Waals surface area contributed by atoms with E-state index in [1.165, 1.54) is 30.0 Å². The standard InChI is InChI=1S/C23H27FN2O3/c1-25(19-5-3-2-4-6-19)20-15-23(29-16-20)11-13-26(14-12-23)22(27)17-28-21-9-7-18(24)8-10-21/h2-10,20H,11-17H2,1H3. The summed E-state index contributed by atoms with van der Waals surface area (Å²) in [6.45, 7) is 2.03. The molecule has 1 unspecified atom stereocenters. The van der Waals surface area contributed by atoms with Gasteiger partial charge in [-0.15, -0.1) is 0 Å². The van der Waals surface area contributed by atoms with Gasteiger partial charge in [-0.05, 0) is 55.7 Å². The maximum absolute atomic E-state index is 12.9. The van der Waals surface area contributed by atoms with Crippen LogP contribution in [0.15, 0.2) is 54.6 Å². The van der Waals surface area contributed by atoms with Gasteiger partial charge in [-0.1, -0.05) is 18.2 Å². The lowest BCUT2D eigenvalue weighted by Crippen LogP contribution is -2.48. The summed E-state index contributed by atoms with van der Waals surface area (Å²) >= 11 is 0. The minimum Gasteiger partial charge on any atom is -0.484 e. The van der Waals surface area contributed by atoms with Crippen molar-refractivity contribution in [3.05, 3.63) is 60.4 Å². The molecule has 0 radical (unpaired) electrons. The van der Waals surface area contributed by atoms with Crippen LogP contribution in [0, 0.1) is 5.82 Å². The zero-order chi connectivity index (χ0) is 20.3. The molecule has 2 saturated heterocycles. The number of hydrogen-bond acceptors (Lipinski definition) is 4. The van der Waals surface area contributed by atoms with E-state index in [0.29, 0.717) is 31.5 Å². The molecule has 2 heterocycles. The van der Waals surface area contributed by atoms with Crippen molar-refractivity contribution < 1.29 is 18.7 Å². The molecule has 154 valence electrons. The Hall–Kier alpha value is -2.60. The van der Waals surface area contributed by atoms with Crippen LogP contribution in [0.2, 0.25) is 0 Å². The summed E-state index contributed by atoms with van der Waals surface area (Å²) in [4.78, 5) is 16.6. The van der Waals surface area contributed by atoms with Crippen LogP contribution in [0.4, 0.5) is 10.1 Å². The van der Waals surface area contributed by atoms with Gasteiger partial charge in [-0.25, -0.2) is 4.39 Å². The van der Waals surface area contributed by atoms with E-state index < -0.39 is 0 Å². The number of likely N-dealkylation sites (tertiary alicyclic amines) is 1. The van der Waals surface area contributed by atoms with Gasteiger partial charge in [0.25, 0.3) is 5.91 Å². The van der Waals surface area contributed by atoms with Crippen molar-refractivity contribution in [1.82, 2.24) is 4.90 Å². The van der Waals surface area contributed by atoms with Crippen molar-refractivity contribution in [2.24, 2.45) is 0 Å². The molecule has 2 aliphatic heterocycles. The van der Waals surface area contributed by atoms with Gasteiger partial charge in [0.05, 0.1) is 18.2 Å². The molecule has 0 saturated carbocycles. The molecular weight excluding hydrogens is 371 g/mol. The molecule has 0 N–H and O–H groups in total. The number of carbonyl (C=O) groups is 1. The van der Waals surface area contributed by atoms with Gasteiger partial charge < -0.3 is 19.3 Å². The Bertz CT molecular complexity index is 820. The molecular formula is C23H27FN2O3. The molecule has 6 heteroatoms. The molecule has 29 heavy (non-hydrogen) atoms. The van der Waals surface area contributed by atoms with Crippen LogP contribution >= 0.6 is 0 Å². The van der Waals surface area contributed by atoms with E-state index in [0.717, 1.165) is 19.3 Å². The van der Waals surface area contributed by atoms with Crippen molar-refractivity contribution >= 4 is 11.6 Å². The topological polar surface area (TPSA) is 42.0 Å². The third kappa shape index (κ3) is 4.53. The number of piperidine rings is 1. The SMILES string of the molecule is CN(c1ccccc1)C1COC2(CCN(C(=O)COc3ccc(F)cc3)CC2)C1. The van der Waals surface area contributed by atoms with Crippen LogP contribution in [0.1, 0.15) is 19.3 Å². The van der Waals surface area contributed by atoms with Crippen LogP contribution in [-0.2, 0) is 9.53 Å². The van der Waals surface area contributed by atoms with Crippen LogP contribution in [0.3, 0.4) is 0 Å². The highest BCUT2D eigenvalue weighted by molar-refractivity contribution is 5.77. The number of halogens is 1. The Labute approximate surface area is 171 Å². The fourth-order valence-corrected chi connectivity index (χ4v) is 4.22. The Morgan fingerprint density at radius 2 is 1.86 bits per heavy atom. The molecule has 5 nitrogen and oxygen atoms in total. The smallest absolute Gasteiger partial charge is 0.260 e. The van der Waals surface area contributed by atoms with E-state index in [1.807, 2.05) is 11.0 Å². The van der Waals surface area contributed by atoms with E-state index in [2.05, 4.69) is 36.2 Å². The van der Waals surface area contributed by atoms with Gasteiger partial charge in [0, 0.05) is 25.8 Å². The van der Waals surface area contributed by atoms with E-state index >= 15 is 0 Å². The Kier molecular flexibility index (Phi) is 5.72. The lowest BCUT2D eigenvalue weighted by atomic mass is 9.87. The number of hydrogen-bond donors (Lipinski definition) is 0. The van der Waals surface area contributed by atoms with Gasteiger partial charge in [-0.3, -0.25) is 4.79 Å². The predicted molar refractivity (Wildman–Crippen MR) is 110 cm³/mol. The quantitative estimate of drug-likeness (QED) is 0.773. The predicted octanol–water partition coefficient (Wildman–Crippen LogP) is 3.49. The maximum Gasteiger partial charge on any atom is 0.260 e. The molecule has 2 aromatic carbocycles. The minimum atomic E-state index is -0.321. The molecule has 1 amide bonds. The maximum atomic E-state index is 12.9. The molecule has 2 aromatic rings. The van der Waals surface area contributed by atoms with Crippen LogP contribution in [0.25, 0.3) is 0 Å². The van der Waals surface area contributed by atoms with Crippen molar-refractivity contribution in [2.45, 2.75) is 30.9 Å². The molecule has 4 rings (SSSR count). The molecule has 2 aliphatic rings. The van der Waals surface area contributed by atoms with Gasteiger partial charge >= 0.3 is 0 Å². The number of rotatable bonds is 5. The van der Waals surface area contributed by atoms with Crippen molar-refractivity contribution in [3.8, 4) is 5.75 Å². The molecule has 2 fully saturated rings. The van der Waals surface area contributed by atoms with Crippen molar-refractivity contribution in [2.75, 3.05) is 38.3 Å². The zero-order valence-corrected chi connectivity index (χ0v) is 16.7. The van der Waals surface area contributed by atoms with Crippen LogP contribution < -0.4 is 9.64 Å². The summed E-state index contributed by atoms with van der Waals surface area (Å²) in [5.41, 5.74) is 1.06. The van der Waals surface area contributed by atoms with E-state index in [1.54, 1.807) is 0 Å². The first-order valence-electron chi connectivity index (χ1n) is 10.1. The van der Waals surface area contributed by atoms with Crippen LogP contribution in [0.5, 0.6) is 5.75 Å². The first-order valence-corrected chi connectivity index (χ1v) is 10.1. The monoisotopic (exact) mass is 398 g/mol. The summed E-state index contributed by atoms with van der Waals surface area (Å²) in [7, 11) is 2.12. The van der Waals surface area contributed by atoms with Crippen molar-refractivity contribution in [3.63, 3.8) is 0 Å². The Morgan fingerprint density at radius 3 is 2.55 bits per heavy atom. The number of ether oxygens (including phenoxy) is 2. The summed E-state index contributed by atoms with van der Waals surface area (Å²) in [5, 5.41) is 0. The first kappa shape index (κ1) is 19.7. The normalized spacial score (nSPS) is 20.6. The number of para-hydroxylation sites is 1. The number of carbonyl (C=O) groups excluding carboxylic acids is 1. The van der Waals surface area contributed by atoms with Gasteiger partial charge in [0.2, 0.25) is 0 Å². The number of amides is 1. The largest absolute Gasteiger partial charge is 0.484 e. The molecule has 0 aliphatic carbocycles. The van der Waals surface area contributed by atoms with E-state index in [9.17, 15) is 9.18 Å². The Balaban J connectivity index is 1.26. The summed E-state index contributed by atoms with van der Waals surface area (Å²) in [5.74, 6) is 0.136. The second-order valence-corrected chi connectivity index (χ2v) is 7.92. The van der Waals surface area contributed by atoms with Gasteiger partial charge in [0.1, 0.15) is 11.6 Å². The molecule has 1 spiro atoms. The number of benzene rings is 2. The molecule has 1 atom stereocenters. The lowest BCUT2D eigenvalue weighted by molar-refractivity contribution is -0.138. The van der Waals surface area contributed by atoms with Crippen LogP contribution in [-0.4, -0.2) is 55.8 Å². The number of nitrogens with zero attached hydrogens (tertiary/aromatic N) is 2. The highest BCUT2D eigenvalue weighted by Crippen LogP contribution is 2.38.